The number of aryl methyl sites for hydroxylation is 1. The molecule has 0 radical (unpaired) electrons. The Kier molecular flexibility index (Phi) is 2.95. The summed E-state index contributed by atoms with van der Waals surface area (Å²) in [5.41, 5.74) is 7.10. The lowest BCUT2D eigenvalue weighted by Crippen LogP contribution is -2.24. The van der Waals surface area contributed by atoms with Crippen LogP contribution in [-0.2, 0) is 13.1 Å². The topological polar surface area (TPSA) is 15.3 Å². The van der Waals surface area contributed by atoms with E-state index in [1.807, 2.05) is 36.2 Å². The van der Waals surface area contributed by atoms with Crippen LogP contribution in [0.5, 0.6) is 0 Å². The third kappa shape index (κ3) is 2.31. The first-order valence-electron chi connectivity index (χ1n) is 6.17. The fourth-order valence-electron chi connectivity index (χ4n) is 2.34. The number of hydrogen-bond acceptors (Lipinski definition) is 2. The van der Waals surface area contributed by atoms with E-state index in [4.69, 9.17) is 0 Å². The van der Waals surface area contributed by atoms with Crippen LogP contribution >= 0.6 is 0 Å². The molecule has 0 saturated carbocycles. The molecular formula is C15H14F2N2. The predicted octanol–water partition coefficient (Wildman–Crippen LogP) is 3.62. The number of para-hydroxylation sites is 1. The van der Waals surface area contributed by atoms with Crippen molar-refractivity contribution in [3.8, 4) is 0 Å². The van der Waals surface area contributed by atoms with Crippen molar-refractivity contribution >= 4 is 5.69 Å². The van der Waals surface area contributed by atoms with Gasteiger partial charge in [0.05, 0.1) is 5.69 Å². The number of benzene rings is 2. The average molecular weight is 260 g/mol. The van der Waals surface area contributed by atoms with Gasteiger partial charge in [-0.2, -0.15) is 0 Å². The fourth-order valence-corrected chi connectivity index (χ4v) is 2.34. The summed E-state index contributed by atoms with van der Waals surface area (Å²) in [6, 6.07) is 10.5. The summed E-state index contributed by atoms with van der Waals surface area (Å²) < 4.78 is 26.4. The quantitative estimate of drug-likeness (QED) is 0.887. The Hall–Kier alpha value is -1.94. The van der Waals surface area contributed by atoms with Gasteiger partial charge in [-0.05, 0) is 41.8 Å². The molecule has 4 heteroatoms. The fraction of sp³-hybridized carbons (Fsp3) is 0.200. The normalized spacial score (nSPS) is 14.5. The second-order valence-electron chi connectivity index (χ2n) is 4.82. The van der Waals surface area contributed by atoms with Crippen molar-refractivity contribution in [1.29, 1.82) is 0 Å². The molecule has 0 bridgehead atoms. The van der Waals surface area contributed by atoms with Gasteiger partial charge in [-0.25, -0.2) is 13.8 Å². The van der Waals surface area contributed by atoms with Gasteiger partial charge in [0.15, 0.2) is 11.6 Å². The van der Waals surface area contributed by atoms with Crippen LogP contribution in [0.4, 0.5) is 14.5 Å². The van der Waals surface area contributed by atoms with E-state index in [1.54, 1.807) is 0 Å². The van der Waals surface area contributed by atoms with Crippen LogP contribution in [0.15, 0.2) is 36.4 Å². The maximum atomic E-state index is 13.2. The lowest BCUT2D eigenvalue weighted by Gasteiger charge is -2.19. The lowest BCUT2D eigenvalue weighted by atomic mass is 10.1. The molecule has 2 aromatic carbocycles. The van der Waals surface area contributed by atoms with Crippen molar-refractivity contribution < 1.29 is 8.78 Å². The molecule has 0 aliphatic carbocycles. The number of rotatable bonds is 2. The van der Waals surface area contributed by atoms with Gasteiger partial charge in [0.2, 0.25) is 0 Å². The molecule has 1 aliphatic heterocycles. The Balaban J connectivity index is 1.79. The monoisotopic (exact) mass is 260 g/mol. The first-order valence-corrected chi connectivity index (χ1v) is 6.17. The van der Waals surface area contributed by atoms with Gasteiger partial charge in [0, 0.05) is 13.1 Å². The molecule has 19 heavy (non-hydrogen) atoms. The Morgan fingerprint density at radius 1 is 1.00 bits per heavy atom. The van der Waals surface area contributed by atoms with Crippen LogP contribution in [0.3, 0.4) is 0 Å². The Morgan fingerprint density at radius 2 is 1.58 bits per heavy atom. The molecule has 0 aromatic heterocycles. The predicted molar refractivity (Wildman–Crippen MR) is 70.4 cm³/mol. The molecule has 0 fully saturated rings. The second kappa shape index (κ2) is 4.63. The summed E-state index contributed by atoms with van der Waals surface area (Å²) in [6.07, 6.45) is 0. The standard InChI is InChI=1S/C15H14F2N2/c1-10-4-2-3-5-15(10)18-19-8-11-6-13(16)14(17)7-12(11)9-19/h2-7,18H,8-9H2,1H3. The van der Waals surface area contributed by atoms with Gasteiger partial charge >= 0.3 is 0 Å². The highest BCUT2D eigenvalue weighted by Gasteiger charge is 2.21. The minimum atomic E-state index is -0.781. The first-order chi connectivity index (χ1) is 9.13. The Bertz CT molecular complexity index is 595. The van der Waals surface area contributed by atoms with Crippen molar-refractivity contribution in [2.75, 3.05) is 5.43 Å². The maximum absolute atomic E-state index is 13.2. The van der Waals surface area contributed by atoms with Crippen LogP contribution < -0.4 is 5.43 Å². The van der Waals surface area contributed by atoms with Gasteiger partial charge in [-0.15, -0.1) is 0 Å². The van der Waals surface area contributed by atoms with E-state index < -0.39 is 11.6 Å². The van der Waals surface area contributed by atoms with E-state index in [1.165, 1.54) is 12.1 Å². The maximum Gasteiger partial charge on any atom is 0.159 e. The SMILES string of the molecule is Cc1ccccc1NN1Cc2cc(F)c(F)cc2C1. The summed E-state index contributed by atoms with van der Waals surface area (Å²) in [7, 11) is 0. The number of nitrogens with zero attached hydrogens (tertiary/aromatic N) is 1. The first kappa shape index (κ1) is 12.1. The van der Waals surface area contributed by atoms with Crippen LogP contribution in [0.2, 0.25) is 0 Å². The smallest absolute Gasteiger partial charge is 0.159 e. The molecule has 98 valence electrons. The summed E-state index contributed by atoms with van der Waals surface area (Å²) in [5.74, 6) is -1.56. The minimum Gasteiger partial charge on any atom is -0.318 e. The van der Waals surface area contributed by atoms with Crippen molar-refractivity contribution in [3.05, 3.63) is 64.7 Å². The van der Waals surface area contributed by atoms with Gasteiger partial charge in [0.25, 0.3) is 0 Å². The highest BCUT2D eigenvalue weighted by atomic mass is 19.2. The molecular weight excluding hydrogens is 246 g/mol. The van der Waals surface area contributed by atoms with Gasteiger partial charge in [-0.3, -0.25) is 0 Å². The van der Waals surface area contributed by atoms with Crippen molar-refractivity contribution in [3.63, 3.8) is 0 Å². The molecule has 1 aliphatic rings. The third-order valence-electron chi connectivity index (χ3n) is 3.39. The van der Waals surface area contributed by atoms with E-state index in [2.05, 4.69) is 5.43 Å². The van der Waals surface area contributed by atoms with Gasteiger partial charge in [-0.1, -0.05) is 18.2 Å². The highest BCUT2D eigenvalue weighted by Crippen LogP contribution is 2.26. The number of hydrogen-bond donors (Lipinski definition) is 1. The molecule has 0 atom stereocenters. The van der Waals surface area contributed by atoms with Crippen molar-refractivity contribution in [1.82, 2.24) is 5.01 Å². The largest absolute Gasteiger partial charge is 0.318 e. The van der Waals surface area contributed by atoms with Crippen LogP contribution in [0.25, 0.3) is 0 Å². The zero-order chi connectivity index (χ0) is 13.4. The Morgan fingerprint density at radius 3 is 2.16 bits per heavy atom. The Labute approximate surface area is 110 Å². The van der Waals surface area contributed by atoms with Crippen molar-refractivity contribution in [2.45, 2.75) is 20.0 Å². The lowest BCUT2D eigenvalue weighted by molar-refractivity contribution is 0.346. The highest BCUT2D eigenvalue weighted by molar-refractivity contribution is 5.50. The molecule has 1 heterocycles. The van der Waals surface area contributed by atoms with Crippen molar-refractivity contribution in [2.24, 2.45) is 0 Å². The van der Waals surface area contributed by atoms with E-state index in [9.17, 15) is 8.78 Å². The number of nitrogens with one attached hydrogen (secondary N) is 1. The molecule has 2 nitrogen and oxygen atoms in total. The molecule has 1 N–H and O–H groups in total. The molecule has 0 amide bonds. The number of anilines is 1. The summed E-state index contributed by atoms with van der Waals surface area (Å²) in [5, 5.41) is 1.95. The number of hydrazine groups is 1. The van der Waals surface area contributed by atoms with Crippen LogP contribution in [-0.4, -0.2) is 5.01 Å². The molecule has 0 spiro atoms. The van der Waals surface area contributed by atoms with E-state index in [-0.39, 0.29) is 0 Å². The zero-order valence-corrected chi connectivity index (χ0v) is 10.6. The van der Waals surface area contributed by atoms with E-state index in [0.717, 1.165) is 22.4 Å². The molecule has 0 unspecified atom stereocenters. The van der Waals surface area contributed by atoms with Gasteiger partial charge in [0.1, 0.15) is 0 Å². The van der Waals surface area contributed by atoms with Crippen LogP contribution in [0.1, 0.15) is 16.7 Å². The summed E-state index contributed by atoms with van der Waals surface area (Å²) >= 11 is 0. The molecule has 2 aromatic rings. The van der Waals surface area contributed by atoms with Gasteiger partial charge < -0.3 is 5.43 Å². The van der Waals surface area contributed by atoms with Crippen LogP contribution in [0, 0.1) is 18.6 Å². The number of halogens is 2. The summed E-state index contributed by atoms with van der Waals surface area (Å²) in [4.78, 5) is 0. The molecule has 0 saturated heterocycles. The summed E-state index contributed by atoms with van der Waals surface area (Å²) in [6.45, 7) is 3.16. The third-order valence-corrected chi connectivity index (χ3v) is 3.39. The zero-order valence-electron chi connectivity index (χ0n) is 10.6. The minimum absolute atomic E-state index is 0.570. The molecule has 3 rings (SSSR count). The van der Waals surface area contributed by atoms with E-state index >= 15 is 0 Å². The average Bonchev–Trinajstić information content (AvgIpc) is 2.74. The second-order valence-corrected chi connectivity index (χ2v) is 4.82. The number of fused-ring (bicyclic) bond motifs is 1. The van der Waals surface area contributed by atoms with E-state index in [0.29, 0.717) is 13.1 Å².